The third-order valence-corrected chi connectivity index (χ3v) is 5.12. The van der Waals surface area contributed by atoms with Gasteiger partial charge in [-0.15, -0.1) is 0 Å². The molecule has 0 aromatic carbocycles. The van der Waals surface area contributed by atoms with E-state index < -0.39 is 0 Å². The molecule has 1 aromatic heterocycles. The predicted molar refractivity (Wildman–Crippen MR) is 80.8 cm³/mol. The van der Waals surface area contributed by atoms with E-state index in [2.05, 4.69) is 36.3 Å². The fourth-order valence-corrected chi connectivity index (χ4v) is 4.08. The molecule has 2 aliphatic rings. The molecule has 1 N–H and O–H groups in total. The van der Waals surface area contributed by atoms with Crippen LogP contribution in [0.3, 0.4) is 0 Å². The molecule has 0 amide bonds. The largest absolute Gasteiger partial charge is 0.381 e. The number of rotatable bonds is 4. The molecule has 1 aliphatic heterocycles. The fourth-order valence-electron chi connectivity index (χ4n) is 4.08. The maximum atomic E-state index is 5.55. The smallest absolute Gasteiger partial charge is 0.0471 e. The summed E-state index contributed by atoms with van der Waals surface area (Å²) in [5.74, 6) is 0. The SMILES string of the molecule is CC(C)NCC1(c2ccncc2)CC2(CCOCC2)C1. The van der Waals surface area contributed by atoms with E-state index in [1.165, 1.54) is 31.2 Å². The molecule has 2 fully saturated rings. The molecule has 3 rings (SSSR count). The van der Waals surface area contributed by atoms with Gasteiger partial charge in [0.05, 0.1) is 0 Å². The maximum absolute atomic E-state index is 5.55. The Morgan fingerprint density at radius 1 is 1.20 bits per heavy atom. The topological polar surface area (TPSA) is 34.2 Å². The average molecular weight is 274 g/mol. The Bertz CT molecular complexity index is 430. The van der Waals surface area contributed by atoms with Gasteiger partial charge in [0, 0.05) is 43.6 Å². The van der Waals surface area contributed by atoms with Crippen LogP contribution >= 0.6 is 0 Å². The van der Waals surface area contributed by atoms with Crippen molar-refractivity contribution in [1.82, 2.24) is 10.3 Å². The van der Waals surface area contributed by atoms with Gasteiger partial charge >= 0.3 is 0 Å². The molecule has 1 saturated heterocycles. The van der Waals surface area contributed by atoms with Crippen molar-refractivity contribution in [3.63, 3.8) is 0 Å². The summed E-state index contributed by atoms with van der Waals surface area (Å²) in [6, 6.07) is 4.95. The van der Waals surface area contributed by atoms with Crippen LogP contribution in [0.25, 0.3) is 0 Å². The zero-order chi connectivity index (χ0) is 14.1. The summed E-state index contributed by atoms with van der Waals surface area (Å²) in [6.45, 7) is 7.43. The quantitative estimate of drug-likeness (QED) is 0.916. The van der Waals surface area contributed by atoms with Gasteiger partial charge in [-0.05, 0) is 48.8 Å². The lowest BCUT2D eigenvalue weighted by molar-refractivity contribution is -0.0741. The molecular formula is C17H26N2O. The van der Waals surface area contributed by atoms with Gasteiger partial charge in [0.25, 0.3) is 0 Å². The Morgan fingerprint density at radius 3 is 2.45 bits per heavy atom. The van der Waals surface area contributed by atoms with Gasteiger partial charge < -0.3 is 10.1 Å². The summed E-state index contributed by atoms with van der Waals surface area (Å²) < 4.78 is 5.55. The molecule has 3 nitrogen and oxygen atoms in total. The summed E-state index contributed by atoms with van der Waals surface area (Å²) in [5.41, 5.74) is 2.31. The highest BCUT2D eigenvalue weighted by molar-refractivity contribution is 5.30. The summed E-state index contributed by atoms with van der Waals surface area (Å²) >= 11 is 0. The molecule has 2 heterocycles. The number of nitrogens with zero attached hydrogens (tertiary/aromatic N) is 1. The van der Waals surface area contributed by atoms with E-state index in [0.29, 0.717) is 16.9 Å². The van der Waals surface area contributed by atoms with E-state index in [1.54, 1.807) is 0 Å². The van der Waals surface area contributed by atoms with E-state index >= 15 is 0 Å². The Labute approximate surface area is 122 Å². The Kier molecular flexibility index (Phi) is 3.83. The summed E-state index contributed by atoms with van der Waals surface area (Å²) in [5, 5.41) is 3.66. The number of ether oxygens (including phenoxy) is 1. The molecule has 3 heteroatoms. The van der Waals surface area contributed by atoms with Crippen LogP contribution in [0.5, 0.6) is 0 Å². The highest BCUT2D eigenvalue weighted by atomic mass is 16.5. The van der Waals surface area contributed by atoms with E-state index in [0.717, 1.165) is 19.8 Å². The molecule has 1 aliphatic carbocycles. The molecule has 1 saturated carbocycles. The molecule has 0 atom stereocenters. The van der Waals surface area contributed by atoms with Crippen molar-refractivity contribution in [1.29, 1.82) is 0 Å². The Morgan fingerprint density at radius 2 is 1.85 bits per heavy atom. The first-order valence-corrected chi connectivity index (χ1v) is 7.86. The molecule has 110 valence electrons. The minimum absolute atomic E-state index is 0.310. The van der Waals surface area contributed by atoms with Gasteiger partial charge in [0.2, 0.25) is 0 Å². The van der Waals surface area contributed by atoms with E-state index in [-0.39, 0.29) is 0 Å². The average Bonchev–Trinajstić information content (AvgIpc) is 2.44. The molecule has 1 aromatic rings. The Balaban J connectivity index is 1.76. The number of hydrogen-bond acceptors (Lipinski definition) is 3. The van der Waals surface area contributed by atoms with Gasteiger partial charge in [-0.1, -0.05) is 13.8 Å². The van der Waals surface area contributed by atoms with Crippen molar-refractivity contribution in [2.75, 3.05) is 19.8 Å². The molecule has 1 spiro atoms. The third kappa shape index (κ3) is 2.61. The van der Waals surface area contributed by atoms with Crippen LogP contribution < -0.4 is 5.32 Å². The van der Waals surface area contributed by atoms with Gasteiger partial charge in [-0.25, -0.2) is 0 Å². The third-order valence-electron chi connectivity index (χ3n) is 5.12. The lowest BCUT2D eigenvalue weighted by Crippen LogP contribution is -2.57. The molecule has 20 heavy (non-hydrogen) atoms. The first-order valence-electron chi connectivity index (χ1n) is 7.86. The van der Waals surface area contributed by atoms with Crippen molar-refractivity contribution in [3.8, 4) is 0 Å². The highest BCUT2D eigenvalue weighted by Gasteiger charge is 2.54. The van der Waals surface area contributed by atoms with Crippen LogP contribution in [0.4, 0.5) is 0 Å². The molecule has 0 bridgehead atoms. The standard InChI is InChI=1S/C17H26N2O/c1-14(2)19-13-17(15-3-7-18-8-4-15)11-16(12-17)5-9-20-10-6-16/h3-4,7-8,14,19H,5-6,9-13H2,1-2H3. The van der Waals surface area contributed by atoms with E-state index in [4.69, 9.17) is 4.74 Å². The normalized spacial score (nSPS) is 23.8. The lowest BCUT2D eigenvalue weighted by atomic mass is 9.48. The maximum Gasteiger partial charge on any atom is 0.0471 e. The molecular weight excluding hydrogens is 248 g/mol. The van der Waals surface area contributed by atoms with Crippen LogP contribution in [0.2, 0.25) is 0 Å². The highest BCUT2D eigenvalue weighted by Crippen LogP contribution is 2.59. The monoisotopic (exact) mass is 274 g/mol. The summed E-state index contributed by atoms with van der Waals surface area (Å²) in [7, 11) is 0. The van der Waals surface area contributed by atoms with Gasteiger partial charge in [-0.2, -0.15) is 0 Å². The van der Waals surface area contributed by atoms with Crippen LogP contribution in [0.15, 0.2) is 24.5 Å². The number of hydrogen-bond donors (Lipinski definition) is 1. The van der Waals surface area contributed by atoms with Crippen LogP contribution in [0.1, 0.15) is 45.1 Å². The van der Waals surface area contributed by atoms with Gasteiger partial charge in [0.1, 0.15) is 0 Å². The van der Waals surface area contributed by atoms with Crippen molar-refractivity contribution < 1.29 is 4.74 Å². The lowest BCUT2D eigenvalue weighted by Gasteiger charge is -2.58. The molecule has 0 unspecified atom stereocenters. The zero-order valence-corrected chi connectivity index (χ0v) is 12.7. The van der Waals surface area contributed by atoms with Crippen LogP contribution in [0, 0.1) is 5.41 Å². The van der Waals surface area contributed by atoms with Crippen LogP contribution in [-0.4, -0.2) is 30.8 Å². The first-order chi connectivity index (χ1) is 9.64. The second-order valence-electron chi connectivity index (χ2n) is 7.02. The number of nitrogens with one attached hydrogen (secondary N) is 1. The number of aromatic nitrogens is 1. The fraction of sp³-hybridized carbons (Fsp3) is 0.706. The summed E-state index contributed by atoms with van der Waals surface area (Å²) in [4.78, 5) is 4.18. The van der Waals surface area contributed by atoms with Crippen molar-refractivity contribution in [2.24, 2.45) is 5.41 Å². The first kappa shape index (κ1) is 14.0. The van der Waals surface area contributed by atoms with E-state index in [1.807, 2.05) is 12.4 Å². The van der Waals surface area contributed by atoms with Crippen LogP contribution in [-0.2, 0) is 10.2 Å². The zero-order valence-electron chi connectivity index (χ0n) is 12.7. The van der Waals surface area contributed by atoms with Crippen molar-refractivity contribution in [2.45, 2.75) is 51.0 Å². The van der Waals surface area contributed by atoms with E-state index in [9.17, 15) is 0 Å². The van der Waals surface area contributed by atoms with Gasteiger partial charge in [0.15, 0.2) is 0 Å². The minimum atomic E-state index is 0.310. The predicted octanol–water partition coefficient (Wildman–Crippen LogP) is 2.91. The minimum Gasteiger partial charge on any atom is -0.381 e. The van der Waals surface area contributed by atoms with Crippen molar-refractivity contribution in [3.05, 3.63) is 30.1 Å². The number of pyridine rings is 1. The van der Waals surface area contributed by atoms with Gasteiger partial charge in [-0.3, -0.25) is 4.98 Å². The van der Waals surface area contributed by atoms with Crippen molar-refractivity contribution >= 4 is 0 Å². The second-order valence-corrected chi connectivity index (χ2v) is 7.02. The second kappa shape index (κ2) is 5.45. The molecule has 0 radical (unpaired) electrons. The Hall–Kier alpha value is -0.930. The summed E-state index contributed by atoms with van der Waals surface area (Å²) in [6.07, 6.45) is 8.94.